The molecule has 0 unspecified atom stereocenters. The van der Waals surface area contributed by atoms with E-state index in [0.717, 1.165) is 0 Å². The van der Waals surface area contributed by atoms with Crippen LogP contribution in [0.5, 0.6) is 0 Å². The number of hydrogen-bond donors (Lipinski definition) is 0. The maximum atomic E-state index is 10.5. The van der Waals surface area contributed by atoms with Gasteiger partial charge in [0.1, 0.15) is 13.2 Å². The topological polar surface area (TPSA) is 61.8 Å². The number of carbonyl (C=O) groups is 2. The molecule has 0 rings (SSSR count). The standard InChI is InChI=1S/C8H12B2O5/c9-5-7(11)14-3-1-13-2-4-15-8(12)6-10/h1-6H2. The van der Waals surface area contributed by atoms with Gasteiger partial charge in [-0.3, -0.25) is 9.59 Å². The molecule has 0 fully saturated rings. The Morgan fingerprint density at radius 3 is 1.53 bits per heavy atom. The van der Waals surface area contributed by atoms with Gasteiger partial charge in [0, 0.05) is 12.6 Å². The van der Waals surface area contributed by atoms with Crippen LogP contribution in [0.2, 0.25) is 12.6 Å². The SMILES string of the molecule is [B]CC(=O)OCCOCCOC(=O)C[B]. The first-order valence-corrected chi connectivity index (χ1v) is 4.49. The Morgan fingerprint density at radius 1 is 0.800 bits per heavy atom. The molecule has 0 saturated carbocycles. The van der Waals surface area contributed by atoms with Crippen LogP contribution in [0.1, 0.15) is 0 Å². The molecule has 7 heteroatoms. The molecular formula is C8H12B2O5. The van der Waals surface area contributed by atoms with Crippen LogP contribution in [0.4, 0.5) is 0 Å². The molecule has 80 valence electrons. The molecular weight excluding hydrogens is 198 g/mol. The summed E-state index contributed by atoms with van der Waals surface area (Å²) in [6.45, 7) is 0.763. The molecule has 0 atom stereocenters. The lowest BCUT2D eigenvalue weighted by Crippen LogP contribution is -2.14. The first-order valence-electron chi connectivity index (χ1n) is 4.49. The fourth-order valence-electron chi connectivity index (χ4n) is 0.649. The summed E-state index contributed by atoms with van der Waals surface area (Å²) < 4.78 is 14.2. The Morgan fingerprint density at radius 2 is 1.20 bits per heavy atom. The lowest BCUT2D eigenvalue weighted by Gasteiger charge is -2.05. The predicted molar refractivity (Wildman–Crippen MR) is 53.9 cm³/mol. The Kier molecular flexibility index (Phi) is 8.96. The zero-order valence-electron chi connectivity index (χ0n) is 8.44. The summed E-state index contributed by atoms with van der Waals surface area (Å²) in [5.74, 6) is -0.957. The van der Waals surface area contributed by atoms with Gasteiger partial charge in [-0.2, -0.15) is 0 Å². The van der Waals surface area contributed by atoms with Gasteiger partial charge in [0.15, 0.2) is 0 Å². The normalized spacial score (nSPS) is 9.60. The van der Waals surface area contributed by atoms with Gasteiger partial charge < -0.3 is 14.2 Å². The van der Waals surface area contributed by atoms with Crippen molar-refractivity contribution in [2.24, 2.45) is 0 Å². The van der Waals surface area contributed by atoms with Crippen LogP contribution in [0, 0.1) is 0 Å². The summed E-state index contributed by atoms with van der Waals surface area (Å²) in [5.41, 5.74) is 0. The van der Waals surface area contributed by atoms with E-state index in [9.17, 15) is 9.59 Å². The molecule has 0 aromatic rings. The average Bonchev–Trinajstić information content (AvgIpc) is 2.26. The Balaban J connectivity index is 3.11. The van der Waals surface area contributed by atoms with Crippen LogP contribution in [-0.2, 0) is 23.8 Å². The van der Waals surface area contributed by atoms with Crippen molar-refractivity contribution in [1.29, 1.82) is 0 Å². The highest BCUT2D eigenvalue weighted by molar-refractivity contribution is 6.18. The summed E-state index contributed by atoms with van der Waals surface area (Å²) in [7, 11) is 10.00. The molecule has 0 aromatic carbocycles. The monoisotopic (exact) mass is 210 g/mol. The molecule has 0 spiro atoms. The van der Waals surface area contributed by atoms with E-state index in [1.165, 1.54) is 0 Å². The van der Waals surface area contributed by atoms with Crippen LogP contribution in [0.15, 0.2) is 0 Å². The predicted octanol–water partition coefficient (Wildman–Crippen LogP) is -0.737. The van der Waals surface area contributed by atoms with E-state index in [1.807, 2.05) is 0 Å². The van der Waals surface area contributed by atoms with Crippen molar-refractivity contribution in [3.63, 3.8) is 0 Å². The van der Waals surface area contributed by atoms with Gasteiger partial charge in [-0.15, -0.1) is 0 Å². The molecule has 0 heterocycles. The Labute approximate surface area is 91.3 Å². The molecule has 0 bridgehead atoms. The summed E-state index contributed by atoms with van der Waals surface area (Å²) >= 11 is 0. The van der Waals surface area contributed by atoms with E-state index in [4.69, 9.17) is 20.4 Å². The number of hydrogen-bond acceptors (Lipinski definition) is 5. The average molecular weight is 210 g/mol. The lowest BCUT2D eigenvalue weighted by molar-refractivity contribution is -0.143. The number of ether oxygens (including phenoxy) is 3. The van der Waals surface area contributed by atoms with Gasteiger partial charge in [0.05, 0.1) is 28.9 Å². The molecule has 5 nitrogen and oxygen atoms in total. The fraction of sp³-hybridized carbons (Fsp3) is 0.750. The van der Waals surface area contributed by atoms with E-state index >= 15 is 0 Å². The van der Waals surface area contributed by atoms with Crippen LogP contribution >= 0.6 is 0 Å². The van der Waals surface area contributed by atoms with E-state index < -0.39 is 11.9 Å². The quantitative estimate of drug-likeness (QED) is 0.300. The summed E-state index contributed by atoms with van der Waals surface area (Å²) in [6, 6.07) is 0. The summed E-state index contributed by atoms with van der Waals surface area (Å²) in [5, 5.41) is 0. The molecule has 0 N–H and O–H groups in total. The van der Waals surface area contributed by atoms with Crippen molar-refractivity contribution >= 4 is 27.6 Å². The summed E-state index contributed by atoms with van der Waals surface area (Å²) in [4.78, 5) is 21.1. The second kappa shape index (κ2) is 9.58. The van der Waals surface area contributed by atoms with E-state index in [-0.39, 0.29) is 39.1 Å². The van der Waals surface area contributed by atoms with Crippen molar-refractivity contribution < 1.29 is 23.8 Å². The smallest absolute Gasteiger partial charge is 0.297 e. The zero-order chi connectivity index (χ0) is 11.5. The zero-order valence-corrected chi connectivity index (χ0v) is 8.44. The maximum Gasteiger partial charge on any atom is 0.297 e. The fourth-order valence-corrected chi connectivity index (χ4v) is 0.649. The third-order valence-electron chi connectivity index (χ3n) is 1.31. The largest absolute Gasteiger partial charge is 0.464 e. The third-order valence-corrected chi connectivity index (χ3v) is 1.31. The Bertz CT molecular complexity index is 177. The minimum absolute atomic E-state index is 0.140. The molecule has 15 heavy (non-hydrogen) atoms. The maximum absolute atomic E-state index is 10.5. The van der Waals surface area contributed by atoms with E-state index in [2.05, 4.69) is 9.47 Å². The Hall–Kier alpha value is -0.970. The second-order valence-electron chi connectivity index (χ2n) is 2.46. The van der Waals surface area contributed by atoms with Gasteiger partial charge in [-0.25, -0.2) is 0 Å². The number of carbonyl (C=O) groups excluding carboxylic acids is 2. The van der Waals surface area contributed by atoms with Crippen LogP contribution in [-0.4, -0.2) is 54.1 Å². The highest BCUT2D eigenvalue weighted by atomic mass is 16.6. The van der Waals surface area contributed by atoms with Gasteiger partial charge in [-0.1, -0.05) is 0 Å². The number of rotatable bonds is 8. The van der Waals surface area contributed by atoms with Crippen LogP contribution in [0.3, 0.4) is 0 Å². The lowest BCUT2D eigenvalue weighted by atomic mass is 10.1. The molecule has 0 aromatic heterocycles. The molecule has 0 aliphatic carbocycles. The number of esters is 2. The molecule has 0 aliphatic heterocycles. The van der Waals surface area contributed by atoms with Crippen LogP contribution < -0.4 is 0 Å². The van der Waals surface area contributed by atoms with Gasteiger partial charge >= 0.3 is 0 Å². The third kappa shape index (κ3) is 9.34. The van der Waals surface area contributed by atoms with Crippen molar-refractivity contribution in [1.82, 2.24) is 0 Å². The molecule has 0 aliphatic rings. The van der Waals surface area contributed by atoms with Crippen LogP contribution in [0.25, 0.3) is 0 Å². The second-order valence-corrected chi connectivity index (χ2v) is 2.46. The molecule has 0 saturated heterocycles. The van der Waals surface area contributed by atoms with Gasteiger partial charge in [0.25, 0.3) is 11.9 Å². The van der Waals surface area contributed by atoms with Crippen molar-refractivity contribution in [3.05, 3.63) is 0 Å². The first-order chi connectivity index (χ1) is 7.20. The van der Waals surface area contributed by atoms with E-state index in [1.54, 1.807) is 0 Å². The molecule has 4 radical (unpaired) electrons. The summed E-state index contributed by atoms with van der Waals surface area (Å²) in [6.07, 6.45) is -0.289. The van der Waals surface area contributed by atoms with Crippen molar-refractivity contribution in [3.8, 4) is 0 Å². The van der Waals surface area contributed by atoms with Gasteiger partial charge in [0.2, 0.25) is 0 Å². The van der Waals surface area contributed by atoms with Crippen molar-refractivity contribution in [2.45, 2.75) is 12.6 Å². The minimum Gasteiger partial charge on any atom is -0.464 e. The van der Waals surface area contributed by atoms with Gasteiger partial charge in [-0.05, 0) is 0 Å². The highest BCUT2D eigenvalue weighted by Gasteiger charge is 1.98. The van der Waals surface area contributed by atoms with Crippen molar-refractivity contribution in [2.75, 3.05) is 26.4 Å². The highest BCUT2D eigenvalue weighted by Crippen LogP contribution is 1.86. The van der Waals surface area contributed by atoms with E-state index in [0.29, 0.717) is 0 Å². The first kappa shape index (κ1) is 14.0. The minimum atomic E-state index is -0.479. The molecule has 0 amide bonds.